The molecule has 1 heteroatoms. The van der Waals surface area contributed by atoms with Crippen LogP contribution in [-0.2, 0) is 5.41 Å². The molecular formula is C31H21Br. The minimum absolute atomic E-state index is 0.0257. The van der Waals surface area contributed by atoms with Gasteiger partial charge in [0.05, 0.1) is 0 Å². The smallest absolute Gasteiger partial charge is 0.0181 e. The summed E-state index contributed by atoms with van der Waals surface area (Å²) in [5.74, 6) is 0. The molecule has 32 heavy (non-hydrogen) atoms. The summed E-state index contributed by atoms with van der Waals surface area (Å²) in [4.78, 5) is 0. The number of fused-ring (bicyclic) bond motifs is 11. The summed E-state index contributed by atoms with van der Waals surface area (Å²) >= 11 is 3.70. The van der Waals surface area contributed by atoms with Gasteiger partial charge >= 0.3 is 0 Å². The van der Waals surface area contributed by atoms with Gasteiger partial charge in [-0.25, -0.2) is 0 Å². The van der Waals surface area contributed by atoms with E-state index in [-0.39, 0.29) is 5.41 Å². The van der Waals surface area contributed by atoms with Gasteiger partial charge in [0.1, 0.15) is 0 Å². The zero-order chi connectivity index (χ0) is 21.6. The highest BCUT2D eigenvalue weighted by atomic mass is 79.9. The van der Waals surface area contributed by atoms with Crippen molar-refractivity contribution in [3.63, 3.8) is 0 Å². The molecule has 0 saturated heterocycles. The van der Waals surface area contributed by atoms with Gasteiger partial charge in [-0.1, -0.05) is 96.5 Å². The molecule has 152 valence electrons. The number of benzene rings is 6. The molecule has 1 aliphatic rings. The van der Waals surface area contributed by atoms with Gasteiger partial charge in [0, 0.05) is 9.89 Å². The lowest BCUT2D eigenvalue weighted by atomic mass is 9.81. The van der Waals surface area contributed by atoms with Gasteiger partial charge in [-0.2, -0.15) is 0 Å². The van der Waals surface area contributed by atoms with E-state index in [1.807, 2.05) is 0 Å². The predicted molar refractivity (Wildman–Crippen MR) is 142 cm³/mol. The fourth-order valence-electron chi connectivity index (χ4n) is 5.94. The minimum Gasteiger partial charge on any atom is -0.0616 e. The van der Waals surface area contributed by atoms with Crippen LogP contribution in [0.25, 0.3) is 54.2 Å². The number of halogens is 1. The maximum atomic E-state index is 3.70. The lowest BCUT2D eigenvalue weighted by Gasteiger charge is -2.22. The molecule has 0 fully saturated rings. The van der Waals surface area contributed by atoms with Crippen LogP contribution >= 0.6 is 15.9 Å². The molecule has 1 aliphatic carbocycles. The third-order valence-corrected chi connectivity index (χ3v) is 7.98. The molecule has 0 heterocycles. The topological polar surface area (TPSA) is 0 Å². The van der Waals surface area contributed by atoms with Gasteiger partial charge in [0.2, 0.25) is 0 Å². The maximum Gasteiger partial charge on any atom is 0.0181 e. The second-order valence-corrected chi connectivity index (χ2v) is 10.4. The van der Waals surface area contributed by atoms with E-state index in [0.29, 0.717) is 0 Å². The Balaban J connectivity index is 1.76. The SMILES string of the molecule is CC1(C)c2ccc(Br)cc2-c2cc3c4ccccc4c4ccc5ccccc5c4c3cc21. The van der Waals surface area contributed by atoms with Crippen LogP contribution in [0.3, 0.4) is 0 Å². The van der Waals surface area contributed by atoms with E-state index in [1.54, 1.807) is 0 Å². The van der Waals surface area contributed by atoms with Crippen LogP contribution in [0, 0.1) is 0 Å². The molecule has 0 saturated carbocycles. The largest absolute Gasteiger partial charge is 0.0616 e. The number of rotatable bonds is 0. The van der Waals surface area contributed by atoms with Gasteiger partial charge in [-0.15, -0.1) is 0 Å². The van der Waals surface area contributed by atoms with Crippen LogP contribution in [0.2, 0.25) is 0 Å². The third-order valence-electron chi connectivity index (χ3n) is 7.48. The standard InChI is InChI=1S/C31H21Br/c1-31(2)28-14-12-19(32)15-25(28)26-16-24-22-10-6-5-9-21(22)23-13-11-18-7-3-4-8-20(18)30(23)27(24)17-29(26)31/h3-17H,1-2H3. The molecule has 0 unspecified atom stereocenters. The van der Waals surface area contributed by atoms with Crippen LogP contribution in [0.15, 0.2) is 95.5 Å². The Bertz CT molecular complexity index is 1750. The van der Waals surface area contributed by atoms with Gasteiger partial charge in [-0.05, 0) is 89.6 Å². The first-order valence-corrected chi connectivity index (χ1v) is 11.9. The normalized spacial score (nSPS) is 14.3. The van der Waals surface area contributed by atoms with Crippen molar-refractivity contribution in [2.24, 2.45) is 0 Å². The number of hydrogen-bond acceptors (Lipinski definition) is 0. The van der Waals surface area contributed by atoms with Crippen molar-refractivity contribution in [2.45, 2.75) is 19.3 Å². The third kappa shape index (κ3) is 2.27. The highest BCUT2D eigenvalue weighted by Gasteiger charge is 2.36. The highest BCUT2D eigenvalue weighted by Crippen LogP contribution is 2.52. The molecule has 0 atom stereocenters. The Hall–Kier alpha value is -3.16. The molecule has 0 aromatic heterocycles. The Morgan fingerprint density at radius 3 is 2.03 bits per heavy atom. The molecule has 0 bridgehead atoms. The lowest BCUT2D eigenvalue weighted by Crippen LogP contribution is -2.14. The molecule has 0 N–H and O–H groups in total. The Morgan fingerprint density at radius 2 is 1.22 bits per heavy atom. The molecule has 0 radical (unpaired) electrons. The zero-order valence-corrected chi connectivity index (χ0v) is 19.6. The fraction of sp³-hybridized carbons (Fsp3) is 0.0968. The summed E-state index contributed by atoms with van der Waals surface area (Å²) in [5, 5.41) is 10.7. The molecular weight excluding hydrogens is 452 g/mol. The van der Waals surface area contributed by atoms with Crippen molar-refractivity contribution in [2.75, 3.05) is 0 Å². The quantitative estimate of drug-likeness (QED) is 0.193. The highest BCUT2D eigenvalue weighted by molar-refractivity contribution is 9.10. The van der Waals surface area contributed by atoms with Crippen LogP contribution in [0.5, 0.6) is 0 Å². The van der Waals surface area contributed by atoms with E-state index in [0.717, 1.165) is 4.47 Å². The zero-order valence-electron chi connectivity index (χ0n) is 18.0. The van der Waals surface area contributed by atoms with Crippen molar-refractivity contribution in [3.05, 3.63) is 107 Å². The van der Waals surface area contributed by atoms with E-state index in [1.165, 1.54) is 65.3 Å². The monoisotopic (exact) mass is 472 g/mol. The van der Waals surface area contributed by atoms with E-state index in [9.17, 15) is 0 Å². The number of hydrogen-bond donors (Lipinski definition) is 0. The molecule has 0 amide bonds. The molecule has 0 nitrogen and oxygen atoms in total. The van der Waals surface area contributed by atoms with E-state index >= 15 is 0 Å². The van der Waals surface area contributed by atoms with Crippen molar-refractivity contribution in [1.29, 1.82) is 0 Å². The fourth-order valence-corrected chi connectivity index (χ4v) is 6.30. The van der Waals surface area contributed by atoms with E-state index < -0.39 is 0 Å². The average Bonchev–Trinajstić information content (AvgIpc) is 3.03. The maximum absolute atomic E-state index is 3.70. The molecule has 6 aromatic rings. The summed E-state index contributed by atoms with van der Waals surface area (Å²) in [5.41, 5.74) is 5.52. The predicted octanol–water partition coefficient (Wildman–Crippen LogP) is 9.37. The van der Waals surface area contributed by atoms with Crippen LogP contribution in [0.4, 0.5) is 0 Å². The van der Waals surface area contributed by atoms with Gasteiger partial charge in [0.15, 0.2) is 0 Å². The molecule has 7 rings (SSSR count). The van der Waals surface area contributed by atoms with Crippen molar-refractivity contribution < 1.29 is 0 Å². The van der Waals surface area contributed by atoms with Crippen LogP contribution < -0.4 is 0 Å². The first-order valence-electron chi connectivity index (χ1n) is 11.1. The summed E-state index contributed by atoms with van der Waals surface area (Å²) in [6, 6.07) is 33.9. The summed E-state index contributed by atoms with van der Waals surface area (Å²) in [6.07, 6.45) is 0. The Morgan fingerprint density at radius 1 is 0.531 bits per heavy atom. The molecule has 6 aromatic carbocycles. The lowest BCUT2D eigenvalue weighted by molar-refractivity contribution is 0.661. The summed E-state index contributed by atoms with van der Waals surface area (Å²) in [7, 11) is 0. The minimum atomic E-state index is -0.0257. The first-order chi connectivity index (χ1) is 15.5. The summed E-state index contributed by atoms with van der Waals surface area (Å²) < 4.78 is 1.13. The Kier molecular flexibility index (Phi) is 3.57. The van der Waals surface area contributed by atoms with Gasteiger partial charge < -0.3 is 0 Å². The van der Waals surface area contributed by atoms with E-state index in [4.69, 9.17) is 0 Å². The van der Waals surface area contributed by atoms with Crippen LogP contribution in [0.1, 0.15) is 25.0 Å². The first kappa shape index (κ1) is 18.4. The Labute approximate surface area is 195 Å². The molecule has 0 aliphatic heterocycles. The van der Waals surface area contributed by atoms with E-state index in [2.05, 4.69) is 121 Å². The van der Waals surface area contributed by atoms with Crippen molar-refractivity contribution in [1.82, 2.24) is 0 Å². The van der Waals surface area contributed by atoms with Crippen molar-refractivity contribution in [3.8, 4) is 11.1 Å². The van der Waals surface area contributed by atoms with Gasteiger partial charge in [0.25, 0.3) is 0 Å². The van der Waals surface area contributed by atoms with Crippen molar-refractivity contribution >= 4 is 59.0 Å². The summed E-state index contributed by atoms with van der Waals surface area (Å²) in [6.45, 7) is 4.72. The molecule has 0 spiro atoms. The second kappa shape index (κ2) is 6.21. The average molecular weight is 473 g/mol. The van der Waals surface area contributed by atoms with Gasteiger partial charge in [-0.3, -0.25) is 0 Å². The second-order valence-electron chi connectivity index (χ2n) is 9.51. The van der Waals surface area contributed by atoms with Crippen LogP contribution in [-0.4, -0.2) is 0 Å².